The molecule has 24 heavy (non-hydrogen) atoms. The van der Waals surface area contributed by atoms with E-state index in [4.69, 9.17) is 5.73 Å². The molecule has 2 aliphatic heterocycles. The Morgan fingerprint density at radius 2 is 2.17 bits per heavy atom. The minimum atomic E-state index is -0.0993. The summed E-state index contributed by atoms with van der Waals surface area (Å²) in [5.74, 6) is 0.0152. The lowest BCUT2D eigenvalue weighted by atomic mass is 9.90. The number of nitrogens with one attached hydrogen (secondary N) is 1. The van der Waals surface area contributed by atoms with E-state index in [1.165, 1.54) is 0 Å². The average molecular weight is 353 g/mol. The number of urea groups is 1. The number of hydrogen-bond donors (Lipinski definition) is 2. The number of likely N-dealkylation sites (tertiary alicyclic amines) is 1. The van der Waals surface area contributed by atoms with Gasteiger partial charge in [-0.2, -0.15) is 0 Å². The first-order chi connectivity index (χ1) is 11.0. The van der Waals surface area contributed by atoms with Gasteiger partial charge >= 0.3 is 6.03 Å². The zero-order chi connectivity index (χ0) is 16.4. The summed E-state index contributed by atoms with van der Waals surface area (Å²) in [5.41, 5.74) is 7.23. The fourth-order valence-electron chi connectivity index (χ4n) is 3.23. The van der Waals surface area contributed by atoms with Crippen LogP contribution in [0, 0.1) is 5.41 Å². The van der Waals surface area contributed by atoms with Gasteiger partial charge in [-0.3, -0.25) is 9.69 Å². The highest BCUT2D eigenvalue weighted by molar-refractivity contribution is 5.98. The van der Waals surface area contributed by atoms with E-state index in [9.17, 15) is 9.59 Å². The van der Waals surface area contributed by atoms with Crippen molar-refractivity contribution in [3.63, 3.8) is 0 Å². The third-order valence-electron chi connectivity index (χ3n) is 4.82. The van der Waals surface area contributed by atoms with E-state index < -0.39 is 0 Å². The number of nitrogens with zero attached hydrogens (tertiary/aromatic N) is 2. The van der Waals surface area contributed by atoms with Crippen LogP contribution in [-0.2, 0) is 0 Å². The lowest BCUT2D eigenvalue weighted by molar-refractivity contribution is 0.0777. The van der Waals surface area contributed by atoms with Crippen LogP contribution in [0.15, 0.2) is 24.3 Å². The number of halogens is 1. The van der Waals surface area contributed by atoms with Crippen LogP contribution in [0.4, 0.5) is 10.5 Å². The molecule has 0 saturated carbocycles. The fourth-order valence-corrected chi connectivity index (χ4v) is 3.23. The Morgan fingerprint density at radius 3 is 2.83 bits per heavy atom. The molecule has 1 aromatic carbocycles. The molecule has 0 aliphatic carbocycles. The van der Waals surface area contributed by atoms with Crippen molar-refractivity contribution in [2.75, 3.05) is 37.6 Å². The van der Waals surface area contributed by atoms with E-state index in [1.54, 1.807) is 4.90 Å². The van der Waals surface area contributed by atoms with Crippen LogP contribution in [0.5, 0.6) is 0 Å². The van der Waals surface area contributed by atoms with Gasteiger partial charge in [0.1, 0.15) is 0 Å². The van der Waals surface area contributed by atoms with Gasteiger partial charge in [-0.05, 0) is 43.0 Å². The summed E-state index contributed by atoms with van der Waals surface area (Å²) >= 11 is 0. The Hall–Kier alpha value is -1.79. The number of amides is 3. The fraction of sp³-hybridized carbons (Fsp3) is 0.529. The molecule has 1 unspecified atom stereocenters. The molecule has 6 nitrogen and oxygen atoms in total. The zero-order valence-electron chi connectivity index (χ0n) is 14.0. The molecule has 0 aromatic heterocycles. The summed E-state index contributed by atoms with van der Waals surface area (Å²) in [7, 11) is 0. The van der Waals surface area contributed by atoms with Gasteiger partial charge in [0.2, 0.25) is 0 Å². The van der Waals surface area contributed by atoms with Gasteiger partial charge in [0.05, 0.1) is 0 Å². The first-order valence-corrected chi connectivity index (χ1v) is 8.17. The van der Waals surface area contributed by atoms with Gasteiger partial charge in [-0.1, -0.05) is 13.0 Å². The Bertz CT molecular complexity index is 624. The highest BCUT2D eigenvalue weighted by atomic mass is 35.5. The SMILES string of the molecule is CC1(CN)CCN(C(=O)c2cccc(N3CCCNC3=O)c2)C1.Cl. The summed E-state index contributed by atoms with van der Waals surface area (Å²) in [6.07, 6.45) is 1.84. The molecule has 3 amide bonds. The second-order valence-electron chi connectivity index (χ2n) is 6.78. The molecule has 2 heterocycles. The molecule has 0 spiro atoms. The molecule has 3 N–H and O–H groups in total. The predicted molar refractivity (Wildman–Crippen MR) is 96.7 cm³/mol. The molecule has 2 aliphatic rings. The van der Waals surface area contributed by atoms with Crippen molar-refractivity contribution in [1.82, 2.24) is 10.2 Å². The van der Waals surface area contributed by atoms with Crippen molar-refractivity contribution in [3.05, 3.63) is 29.8 Å². The van der Waals surface area contributed by atoms with Crippen LogP contribution in [0.25, 0.3) is 0 Å². The Labute approximate surface area is 148 Å². The van der Waals surface area contributed by atoms with Crippen molar-refractivity contribution in [2.24, 2.45) is 11.1 Å². The van der Waals surface area contributed by atoms with Gasteiger partial charge in [0, 0.05) is 37.4 Å². The van der Waals surface area contributed by atoms with Crippen molar-refractivity contribution < 1.29 is 9.59 Å². The van der Waals surface area contributed by atoms with E-state index >= 15 is 0 Å². The van der Waals surface area contributed by atoms with Gasteiger partial charge in [-0.25, -0.2) is 4.79 Å². The van der Waals surface area contributed by atoms with E-state index in [0.717, 1.165) is 25.1 Å². The van der Waals surface area contributed by atoms with Crippen LogP contribution in [-0.4, -0.2) is 49.6 Å². The highest BCUT2D eigenvalue weighted by Gasteiger charge is 2.35. The van der Waals surface area contributed by atoms with Crippen LogP contribution >= 0.6 is 12.4 Å². The number of benzene rings is 1. The molecule has 1 aromatic rings. The second-order valence-corrected chi connectivity index (χ2v) is 6.78. The highest BCUT2D eigenvalue weighted by Crippen LogP contribution is 2.30. The number of nitrogens with two attached hydrogens (primary N) is 1. The maximum atomic E-state index is 12.7. The third kappa shape index (κ3) is 3.65. The predicted octanol–water partition coefficient (Wildman–Crippen LogP) is 1.84. The van der Waals surface area contributed by atoms with Gasteiger partial charge < -0.3 is 16.0 Å². The average Bonchev–Trinajstić information content (AvgIpc) is 2.98. The van der Waals surface area contributed by atoms with Crippen molar-refractivity contribution in [1.29, 1.82) is 0 Å². The summed E-state index contributed by atoms with van der Waals surface area (Å²) in [6, 6.07) is 7.23. The van der Waals surface area contributed by atoms with E-state index in [0.29, 0.717) is 31.7 Å². The van der Waals surface area contributed by atoms with E-state index in [1.807, 2.05) is 29.2 Å². The number of rotatable bonds is 3. The molecular formula is C17H25ClN4O2. The molecule has 0 radical (unpaired) electrons. The largest absolute Gasteiger partial charge is 0.338 e. The van der Waals surface area contributed by atoms with Crippen LogP contribution in [0.2, 0.25) is 0 Å². The minimum Gasteiger partial charge on any atom is -0.338 e. The van der Waals surface area contributed by atoms with Gasteiger partial charge in [0.25, 0.3) is 5.91 Å². The quantitative estimate of drug-likeness (QED) is 0.871. The summed E-state index contributed by atoms with van der Waals surface area (Å²) < 4.78 is 0. The first-order valence-electron chi connectivity index (χ1n) is 8.17. The standard InChI is InChI=1S/C17H24N4O2.ClH/c1-17(11-18)6-9-20(12-17)15(22)13-4-2-5-14(10-13)21-8-3-7-19-16(21)23;/h2,4-5,10H,3,6-9,11-12,18H2,1H3,(H,19,23);1H. The zero-order valence-corrected chi connectivity index (χ0v) is 14.8. The van der Waals surface area contributed by atoms with E-state index in [2.05, 4.69) is 12.2 Å². The van der Waals surface area contributed by atoms with Crippen molar-refractivity contribution >= 4 is 30.0 Å². The molecule has 132 valence electrons. The second kappa shape index (κ2) is 7.40. The Balaban J connectivity index is 0.00000208. The normalized spacial score (nSPS) is 23.7. The lowest BCUT2D eigenvalue weighted by Crippen LogP contribution is -2.46. The lowest BCUT2D eigenvalue weighted by Gasteiger charge is -2.28. The summed E-state index contributed by atoms with van der Waals surface area (Å²) in [6.45, 7) is 5.52. The summed E-state index contributed by atoms with van der Waals surface area (Å²) in [4.78, 5) is 28.2. The van der Waals surface area contributed by atoms with Crippen LogP contribution in [0.1, 0.15) is 30.1 Å². The molecular weight excluding hydrogens is 328 g/mol. The number of carbonyl (C=O) groups excluding carboxylic acids is 2. The van der Waals surface area contributed by atoms with Crippen molar-refractivity contribution in [2.45, 2.75) is 19.8 Å². The summed E-state index contributed by atoms with van der Waals surface area (Å²) in [5, 5.41) is 2.83. The number of anilines is 1. The molecule has 3 rings (SSSR count). The number of carbonyl (C=O) groups is 2. The van der Waals surface area contributed by atoms with Crippen molar-refractivity contribution in [3.8, 4) is 0 Å². The maximum absolute atomic E-state index is 12.7. The van der Waals surface area contributed by atoms with Gasteiger partial charge in [0.15, 0.2) is 0 Å². The number of hydrogen-bond acceptors (Lipinski definition) is 3. The smallest absolute Gasteiger partial charge is 0.321 e. The molecule has 0 bridgehead atoms. The Morgan fingerprint density at radius 1 is 1.38 bits per heavy atom. The molecule has 1 atom stereocenters. The molecule has 2 fully saturated rings. The van der Waals surface area contributed by atoms with E-state index in [-0.39, 0.29) is 29.8 Å². The topological polar surface area (TPSA) is 78.7 Å². The molecule has 2 saturated heterocycles. The third-order valence-corrected chi connectivity index (χ3v) is 4.82. The van der Waals surface area contributed by atoms with Crippen LogP contribution < -0.4 is 16.0 Å². The van der Waals surface area contributed by atoms with Gasteiger partial charge in [-0.15, -0.1) is 12.4 Å². The minimum absolute atomic E-state index is 0. The first kappa shape index (κ1) is 18.5. The maximum Gasteiger partial charge on any atom is 0.321 e. The molecule has 7 heteroatoms. The Kier molecular flexibility index (Phi) is 5.72. The monoisotopic (exact) mass is 352 g/mol. The van der Waals surface area contributed by atoms with Crippen LogP contribution in [0.3, 0.4) is 0 Å².